The first-order valence-electron chi connectivity index (χ1n) is 4.61. The second kappa shape index (κ2) is 4.56. The molecule has 0 amide bonds. The van der Waals surface area contributed by atoms with Gasteiger partial charge in [-0.3, -0.25) is 0 Å². The van der Waals surface area contributed by atoms with Gasteiger partial charge < -0.3 is 5.73 Å². The summed E-state index contributed by atoms with van der Waals surface area (Å²) in [6, 6.07) is 6.22. The maximum Gasteiger partial charge on any atom is 0.0319 e. The number of nitrogens with two attached hydrogens (primary N) is 1. The lowest BCUT2D eigenvalue weighted by atomic mass is 10.0. The van der Waals surface area contributed by atoms with Crippen LogP contribution in [-0.4, -0.2) is 0 Å². The molecule has 0 bridgehead atoms. The third-order valence-electron chi connectivity index (χ3n) is 1.90. The summed E-state index contributed by atoms with van der Waals surface area (Å²) < 4.78 is 0. The first-order chi connectivity index (χ1) is 6.11. The Morgan fingerprint density at radius 2 is 1.85 bits per heavy atom. The number of rotatable bonds is 3. The SMILES string of the molecule is CC(C)Cc1cc(N)cc(CS)c1. The molecule has 2 N–H and O–H groups in total. The van der Waals surface area contributed by atoms with Crippen molar-refractivity contribution in [3.05, 3.63) is 29.3 Å². The predicted octanol–water partition coefficient (Wildman–Crippen LogP) is 2.90. The minimum absolute atomic E-state index is 0.676. The fourth-order valence-corrected chi connectivity index (χ4v) is 1.65. The normalized spacial score (nSPS) is 10.8. The molecule has 13 heavy (non-hydrogen) atoms. The number of nitrogen functional groups attached to an aromatic ring is 1. The number of hydrogen-bond acceptors (Lipinski definition) is 2. The summed E-state index contributed by atoms with van der Waals surface area (Å²) in [5.74, 6) is 1.44. The highest BCUT2D eigenvalue weighted by Gasteiger charge is 2.00. The fraction of sp³-hybridized carbons (Fsp3) is 0.455. The summed E-state index contributed by atoms with van der Waals surface area (Å²) in [4.78, 5) is 0. The molecule has 0 aliphatic rings. The number of thiol groups is 1. The lowest BCUT2D eigenvalue weighted by Crippen LogP contribution is -1.97. The van der Waals surface area contributed by atoms with E-state index in [4.69, 9.17) is 5.73 Å². The van der Waals surface area contributed by atoms with Crippen molar-refractivity contribution < 1.29 is 0 Å². The third kappa shape index (κ3) is 3.31. The van der Waals surface area contributed by atoms with Gasteiger partial charge in [0.25, 0.3) is 0 Å². The summed E-state index contributed by atoms with van der Waals surface area (Å²) in [5.41, 5.74) is 9.15. The minimum atomic E-state index is 0.676. The highest BCUT2D eigenvalue weighted by Crippen LogP contribution is 2.16. The number of hydrogen-bond donors (Lipinski definition) is 2. The molecule has 0 heterocycles. The van der Waals surface area contributed by atoms with Crippen LogP contribution < -0.4 is 5.73 Å². The van der Waals surface area contributed by atoms with Crippen molar-refractivity contribution in [2.45, 2.75) is 26.0 Å². The zero-order valence-corrected chi connectivity index (χ0v) is 9.14. The van der Waals surface area contributed by atoms with Crippen molar-refractivity contribution in [1.82, 2.24) is 0 Å². The van der Waals surface area contributed by atoms with Crippen LogP contribution in [0.2, 0.25) is 0 Å². The van der Waals surface area contributed by atoms with Crippen LogP contribution in [0.5, 0.6) is 0 Å². The second-order valence-corrected chi connectivity index (χ2v) is 4.16. The Balaban J connectivity index is 2.88. The topological polar surface area (TPSA) is 26.0 Å². The van der Waals surface area contributed by atoms with Gasteiger partial charge in [0.2, 0.25) is 0 Å². The molecule has 1 aromatic rings. The Morgan fingerprint density at radius 3 is 2.38 bits per heavy atom. The minimum Gasteiger partial charge on any atom is -0.399 e. The Labute approximate surface area is 85.8 Å². The molecule has 1 aromatic carbocycles. The molecule has 1 rings (SSSR count). The van der Waals surface area contributed by atoms with Gasteiger partial charge in [-0.1, -0.05) is 19.9 Å². The zero-order valence-electron chi connectivity index (χ0n) is 8.25. The van der Waals surface area contributed by atoms with E-state index in [0.717, 1.165) is 17.9 Å². The highest BCUT2D eigenvalue weighted by atomic mass is 32.1. The quantitative estimate of drug-likeness (QED) is 0.563. The van der Waals surface area contributed by atoms with Crippen LogP contribution in [-0.2, 0) is 12.2 Å². The van der Waals surface area contributed by atoms with Crippen molar-refractivity contribution in [3.63, 3.8) is 0 Å². The molecule has 72 valence electrons. The molecule has 0 aliphatic carbocycles. The lowest BCUT2D eigenvalue weighted by Gasteiger charge is -2.07. The summed E-state index contributed by atoms with van der Waals surface area (Å²) in [6.07, 6.45) is 1.09. The molecular weight excluding hydrogens is 178 g/mol. The third-order valence-corrected chi connectivity index (χ3v) is 2.27. The second-order valence-electron chi connectivity index (χ2n) is 3.84. The van der Waals surface area contributed by atoms with Crippen molar-refractivity contribution in [2.24, 2.45) is 5.92 Å². The van der Waals surface area contributed by atoms with Crippen LogP contribution >= 0.6 is 12.6 Å². The number of benzene rings is 1. The average Bonchev–Trinajstić information content (AvgIpc) is 2.01. The fourth-order valence-electron chi connectivity index (χ4n) is 1.47. The molecule has 0 saturated heterocycles. The van der Waals surface area contributed by atoms with Crippen molar-refractivity contribution in [2.75, 3.05) is 5.73 Å². The van der Waals surface area contributed by atoms with Gasteiger partial charge in [-0.2, -0.15) is 12.6 Å². The molecule has 1 nitrogen and oxygen atoms in total. The van der Waals surface area contributed by atoms with Crippen LogP contribution in [0.15, 0.2) is 18.2 Å². The van der Waals surface area contributed by atoms with Gasteiger partial charge in [-0.15, -0.1) is 0 Å². The Morgan fingerprint density at radius 1 is 1.23 bits per heavy atom. The smallest absolute Gasteiger partial charge is 0.0319 e. The Bertz CT molecular complexity index is 281. The molecule has 0 radical (unpaired) electrons. The summed E-state index contributed by atoms with van der Waals surface area (Å²) >= 11 is 4.24. The first kappa shape index (κ1) is 10.5. The standard InChI is InChI=1S/C11H17NS/c1-8(2)3-9-4-10(7-13)6-11(12)5-9/h4-6,8,13H,3,7,12H2,1-2H3. The molecule has 0 aromatic heterocycles. The summed E-state index contributed by atoms with van der Waals surface area (Å²) in [6.45, 7) is 4.42. The monoisotopic (exact) mass is 195 g/mol. The highest BCUT2D eigenvalue weighted by molar-refractivity contribution is 7.79. The maximum atomic E-state index is 5.78. The molecule has 2 heteroatoms. The van der Waals surface area contributed by atoms with E-state index in [9.17, 15) is 0 Å². The Hall–Kier alpha value is -0.630. The Kier molecular flexibility index (Phi) is 3.67. The lowest BCUT2D eigenvalue weighted by molar-refractivity contribution is 0.647. The van der Waals surface area contributed by atoms with Crippen molar-refractivity contribution in [1.29, 1.82) is 0 Å². The van der Waals surface area contributed by atoms with Crippen LogP contribution in [0.1, 0.15) is 25.0 Å². The summed E-state index contributed by atoms with van der Waals surface area (Å²) in [7, 11) is 0. The van der Waals surface area contributed by atoms with Gasteiger partial charge in [0.1, 0.15) is 0 Å². The van der Waals surface area contributed by atoms with Gasteiger partial charge in [0, 0.05) is 11.4 Å². The molecule has 0 saturated carbocycles. The van der Waals surface area contributed by atoms with E-state index in [1.807, 2.05) is 12.1 Å². The summed E-state index contributed by atoms with van der Waals surface area (Å²) in [5, 5.41) is 0. The first-order valence-corrected chi connectivity index (χ1v) is 5.24. The molecule has 0 atom stereocenters. The molecule has 0 spiro atoms. The molecule has 0 aliphatic heterocycles. The van der Waals surface area contributed by atoms with E-state index in [1.54, 1.807) is 0 Å². The van der Waals surface area contributed by atoms with Crippen LogP contribution in [0.3, 0.4) is 0 Å². The van der Waals surface area contributed by atoms with E-state index >= 15 is 0 Å². The van der Waals surface area contributed by atoms with E-state index < -0.39 is 0 Å². The van der Waals surface area contributed by atoms with Crippen LogP contribution in [0.4, 0.5) is 5.69 Å². The largest absolute Gasteiger partial charge is 0.399 e. The van der Waals surface area contributed by atoms with E-state index in [1.165, 1.54) is 11.1 Å². The van der Waals surface area contributed by atoms with Crippen LogP contribution in [0.25, 0.3) is 0 Å². The van der Waals surface area contributed by atoms with Crippen molar-refractivity contribution >= 4 is 18.3 Å². The predicted molar refractivity (Wildman–Crippen MR) is 62.1 cm³/mol. The maximum absolute atomic E-state index is 5.78. The van der Waals surface area contributed by atoms with E-state index in [-0.39, 0.29) is 0 Å². The molecule has 0 fully saturated rings. The van der Waals surface area contributed by atoms with Gasteiger partial charge >= 0.3 is 0 Å². The van der Waals surface area contributed by atoms with Crippen LogP contribution in [0, 0.1) is 5.92 Å². The van der Waals surface area contributed by atoms with Gasteiger partial charge in [-0.05, 0) is 35.6 Å². The molecular formula is C11H17NS. The van der Waals surface area contributed by atoms with Gasteiger partial charge in [0.05, 0.1) is 0 Å². The van der Waals surface area contributed by atoms with Gasteiger partial charge in [0.15, 0.2) is 0 Å². The van der Waals surface area contributed by atoms with Gasteiger partial charge in [-0.25, -0.2) is 0 Å². The zero-order chi connectivity index (χ0) is 9.84. The van der Waals surface area contributed by atoms with Crippen molar-refractivity contribution in [3.8, 4) is 0 Å². The van der Waals surface area contributed by atoms with E-state index in [2.05, 4.69) is 32.5 Å². The number of anilines is 1. The molecule has 0 unspecified atom stereocenters. The average molecular weight is 195 g/mol. The van der Waals surface area contributed by atoms with E-state index in [0.29, 0.717) is 5.92 Å².